The van der Waals surface area contributed by atoms with E-state index in [0.29, 0.717) is 10.2 Å². The maximum Gasteiger partial charge on any atom is 0.573 e. The van der Waals surface area contributed by atoms with E-state index in [1.54, 1.807) is 6.08 Å². The van der Waals surface area contributed by atoms with Crippen molar-refractivity contribution in [2.45, 2.75) is 12.5 Å². The fraction of sp³-hybridized carbons (Fsp3) is 0.200. The number of hydrogen-bond acceptors (Lipinski definition) is 3. The average molecular weight is 328 g/mol. The molecule has 1 aromatic carbocycles. The lowest BCUT2D eigenvalue weighted by atomic mass is 10.1. The van der Waals surface area contributed by atoms with Crippen molar-refractivity contribution >= 4 is 15.9 Å². The molecule has 3 nitrogen and oxygen atoms in total. The first-order chi connectivity index (χ1) is 8.35. The van der Waals surface area contributed by atoms with E-state index in [0.717, 1.165) is 12.1 Å². The number of rotatable bonds is 2. The van der Waals surface area contributed by atoms with Gasteiger partial charge in [-0.1, -0.05) is 6.07 Å². The van der Waals surface area contributed by atoms with Crippen LogP contribution in [0.2, 0.25) is 0 Å². The zero-order valence-corrected chi connectivity index (χ0v) is 10.2. The highest BCUT2D eigenvalue weighted by Crippen LogP contribution is 2.31. The van der Waals surface area contributed by atoms with E-state index < -0.39 is 24.0 Å². The molecule has 0 aromatic heterocycles. The molecule has 0 amide bonds. The van der Waals surface area contributed by atoms with Crippen LogP contribution in [0.5, 0.6) is 5.75 Å². The second kappa shape index (κ2) is 4.77. The van der Waals surface area contributed by atoms with Crippen molar-refractivity contribution < 1.29 is 27.1 Å². The highest BCUT2D eigenvalue weighted by atomic mass is 79.9. The molecule has 1 aliphatic heterocycles. The highest BCUT2D eigenvalue weighted by molar-refractivity contribution is 9.11. The molecule has 0 bridgehead atoms. The summed E-state index contributed by atoms with van der Waals surface area (Å²) in [7, 11) is 0. The summed E-state index contributed by atoms with van der Waals surface area (Å²) in [5.74, 6) is -1.98. The van der Waals surface area contributed by atoms with Crippen LogP contribution in [-0.2, 0) is 4.84 Å². The third-order valence-corrected chi connectivity index (χ3v) is 2.52. The minimum Gasteiger partial charge on any atom is -0.403 e. The predicted octanol–water partition coefficient (Wildman–Crippen LogP) is 3.54. The number of hydrogen-bond donors (Lipinski definition) is 1. The maximum atomic E-state index is 13.4. The lowest BCUT2D eigenvalue weighted by molar-refractivity contribution is -0.275. The van der Waals surface area contributed by atoms with Gasteiger partial charge in [-0.2, -0.15) is 0 Å². The molecule has 0 saturated carbocycles. The Kier molecular flexibility index (Phi) is 3.49. The second-order valence-corrected chi connectivity index (χ2v) is 4.25. The van der Waals surface area contributed by atoms with Crippen LogP contribution in [0, 0.1) is 5.82 Å². The van der Waals surface area contributed by atoms with E-state index in [2.05, 4.69) is 26.1 Å². The van der Waals surface area contributed by atoms with Crippen LogP contribution in [0.15, 0.2) is 28.9 Å². The van der Waals surface area contributed by atoms with Crippen molar-refractivity contribution in [3.63, 3.8) is 0 Å². The van der Waals surface area contributed by atoms with Gasteiger partial charge in [-0.25, -0.2) is 4.39 Å². The molecule has 2 rings (SSSR count). The van der Waals surface area contributed by atoms with E-state index in [-0.39, 0.29) is 0 Å². The van der Waals surface area contributed by atoms with Gasteiger partial charge >= 0.3 is 6.36 Å². The molecule has 0 radical (unpaired) electrons. The van der Waals surface area contributed by atoms with Gasteiger partial charge in [0.1, 0.15) is 10.7 Å². The SMILES string of the molecule is Fc1cc([C@H]2C=C(Br)NO2)ccc1OC(F)(F)F. The molecular formula is C10H6BrF4NO2. The molecule has 0 saturated heterocycles. The van der Waals surface area contributed by atoms with Crippen LogP contribution >= 0.6 is 15.9 Å². The van der Waals surface area contributed by atoms with Gasteiger partial charge in [0.25, 0.3) is 0 Å². The Morgan fingerprint density at radius 1 is 1.33 bits per heavy atom. The van der Waals surface area contributed by atoms with E-state index in [4.69, 9.17) is 4.84 Å². The average Bonchev–Trinajstić information content (AvgIpc) is 2.66. The Bertz CT molecular complexity index is 489. The summed E-state index contributed by atoms with van der Waals surface area (Å²) in [6.45, 7) is 0. The summed E-state index contributed by atoms with van der Waals surface area (Å²) >= 11 is 3.11. The van der Waals surface area contributed by atoms with E-state index in [1.807, 2.05) is 0 Å². The van der Waals surface area contributed by atoms with Crippen molar-refractivity contribution in [1.82, 2.24) is 5.48 Å². The molecule has 0 spiro atoms. The lowest BCUT2D eigenvalue weighted by Gasteiger charge is -2.12. The van der Waals surface area contributed by atoms with Gasteiger partial charge in [0, 0.05) is 0 Å². The fourth-order valence-electron chi connectivity index (χ4n) is 1.39. The summed E-state index contributed by atoms with van der Waals surface area (Å²) in [6.07, 6.45) is -3.90. The molecule has 98 valence electrons. The minimum absolute atomic E-state index is 0.365. The number of hydroxylamine groups is 1. The van der Waals surface area contributed by atoms with Crippen LogP contribution in [0.25, 0.3) is 0 Å². The summed E-state index contributed by atoms with van der Waals surface area (Å²) in [4.78, 5) is 5.03. The first-order valence-electron chi connectivity index (χ1n) is 4.69. The molecule has 1 atom stereocenters. The van der Waals surface area contributed by atoms with Gasteiger partial charge in [0.05, 0.1) is 0 Å². The first kappa shape index (κ1) is 13.2. The van der Waals surface area contributed by atoms with Crippen molar-refractivity contribution in [2.75, 3.05) is 0 Å². The van der Waals surface area contributed by atoms with Crippen molar-refractivity contribution in [3.05, 3.63) is 40.3 Å². The monoisotopic (exact) mass is 327 g/mol. The molecule has 0 aliphatic carbocycles. The molecule has 1 N–H and O–H groups in total. The highest BCUT2D eigenvalue weighted by Gasteiger charge is 2.32. The van der Waals surface area contributed by atoms with Crippen LogP contribution in [0.4, 0.5) is 17.6 Å². The van der Waals surface area contributed by atoms with Gasteiger partial charge in [-0.3, -0.25) is 10.3 Å². The number of halogens is 5. The minimum atomic E-state index is -4.92. The molecule has 0 fully saturated rings. The number of nitrogens with one attached hydrogen (secondary N) is 1. The van der Waals surface area contributed by atoms with Crippen LogP contribution in [0.1, 0.15) is 11.7 Å². The zero-order valence-electron chi connectivity index (χ0n) is 8.59. The topological polar surface area (TPSA) is 30.5 Å². The Morgan fingerprint density at radius 2 is 2.06 bits per heavy atom. The number of ether oxygens (including phenoxy) is 1. The van der Waals surface area contributed by atoms with E-state index in [9.17, 15) is 17.6 Å². The quantitative estimate of drug-likeness (QED) is 0.665. The molecule has 1 heterocycles. The van der Waals surface area contributed by atoms with E-state index >= 15 is 0 Å². The normalized spacial score (nSPS) is 19.4. The van der Waals surface area contributed by atoms with Crippen molar-refractivity contribution in [1.29, 1.82) is 0 Å². The Morgan fingerprint density at radius 3 is 2.56 bits per heavy atom. The molecular weight excluding hydrogens is 322 g/mol. The third-order valence-electron chi connectivity index (χ3n) is 2.09. The maximum absolute atomic E-state index is 13.4. The van der Waals surface area contributed by atoms with Gasteiger partial charge in [-0.15, -0.1) is 13.2 Å². The largest absolute Gasteiger partial charge is 0.573 e. The molecule has 18 heavy (non-hydrogen) atoms. The lowest BCUT2D eigenvalue weighted by Crippen LogP contribution is -2.18. The van der Waals surface area contributed by atoms with Crippen LogP contribution < -0.4 is 10.2 Å². The summed E-state index contributed by atoms with van der Waals surface area (Å²) in [6, 6.07) is 3.12. The standard InChI is InChI=1S/C10H6BrF4NO2/c11-9-4-8(18-16-9)5-1-2-7(6(12)3-5)17-10(13,14)15/h1-4,8,16H/t8-/m1/s1. The smallest absolute Gasteiger partial charge is 0.403 e. The van der Waals surface area contributed by atoms with Gasteiger partial charge in [-0.05, 0) is 39.7 Å². The van der Waals surface area contributed by atoms with Gasteiger partial charge in [0.15, 0.2) is 11.6 Å². The third kappa shape index (κ3) is 3.14. The second-order valence-electron chi connectivity index (χ2n) is 3.39. The van der Waals surface area contributed by atoms with Gasteiger partial charge in [0.2, 0.25) is 0 Å². The summed E-state index contributed by atoms with van der Waals surface area (Å²) in [5, 5.41) is 0. The van der Waals surface area contributed by atoms with Gasteiger partial charge < -0.3 is 4.74 Å². The molecule has 1 aromatic rings. The van der Waals surface area contributed by atoms with E-state index in [1.165, 1.54) is 6.07 Å². The van der Waals surface area contributed by atoms with Crippen LogP contribution in [-0.4, -0.2) is 6.36 Å². The van der Waals surface area contributed by atoms with Crippen molar-refractivity contribution in [2.24, 2.45) is 0 Å². The Balaban J connectivity index is 2.20. The van der Waals surface area contributed by atoms with Crippen molar-refractivity contribution in [3.8, 4) is 5.75 Å². The number of benzene rings is 1. The molecule has 8 heteroatoms. The molecule has 1 aliphatic rings. The van der Waals surface area contributed by atoms with Crippen LogP contribution in [0.3, 0.4) is 0 Å². The fourth-order valence-corrected chi connectivity index (χ4v) is 1.72. The summed E-state index contributed by atoms with van der Waals surface area (Å²) < 4.78 is 53.3. The molecule has 0 unspecified atom stereocenters. The first-order valence-corrected chi connectivity index (χ1v) is 5.48. The number of alkyl halides is 3. The summed E-state index contributed by atoms with van der Waals surface area (Å²) in [5.41, 5.74) is 2.85. The Hall–Kier alpha value is -1.28. The Labute approximate surface area is 107 Å². The zero-order chi connectivity index (χ0) is 13.3. The predicted molar refractivity (Wildman–Crippen MR) is 57.1 cm³/mol.